The van der Waals surface area contributed by atoms with Crippen molar-refractivity contribution in [3.8, 4) is 0 Å². The van der Waals surface area contributed by atoms with Crippen LogP contribution in [-0.4, -0.2) is 44.7 Å². The quantitative estimate of drug-likeness (QED) is 0.895. The standard InChI is InChI=1S/C19H25N5OS/c1-12-5-6-16(26-12)11-23-8-13-7-17-21-22-18(24(17)10-14(13)9-23)19(25)20-15-3-2-4-15/h5-6,13-15H,2-4,7-11H2,1H3,(H,20,25). The summed E-state index contributed by atoms with van der Waals surface area (Å²) in [5, 5.41) is 11.7. The molecule has 5 rings (SSSR count). The van der Waals surface area contributed by atoms with Crippen LogP contribution in [0.25, 0.3) is 0 Å². The van der Waals surface area contributed by atoms with E-state index in [2.05, 4.69) is 44.0 Å². The number of aromatic nitrogens is 3. The predicted molar refractivity (Wildman–Crippen MR) is 100 cm³/mol. The Morgan fingerprint density at radius 2 is 2.08 bits per heavy atom. The van der Waals surface area contributed by atoms with E-state index in [-0.39, 0.29) is 5.91 Å². The number of hydrogen-bond donors (Lipinski definition) is 1. The van der Waals surface area contributed by atoms with Crippen LogP contribution < -0.4 is 5.32 Å². The molecule has 26 heavy (non-hydrogen) atoms. The molecule has 2 aliphatic heterocycles. The third kappa shape index (κ3) is 2.97. The number of nitrogens with zero attached hydrogens (tertiary/aromatic N) is 4. The first kappa shape index (κ1) is 16.4. The molecule has 0 bridgehead atoms. The van der Waals surface area contributed by atoms with E-state index in [1.165, 1.54) is 16.2 Å². The van der Waals surface area contributed by atoms with Gasteiger partial charge < -0.3 is 9.88 Å². The minimum absolute atomic E-state index is 0.0455. The highest BCUT2D eigenvalue weighted by molar-refractivity contribution is 7.11. The normalized spacial score (nSPS) is 25.6. The molecule has 3 aliphatic rings. The number of rotatable bonds is 4. The van der Waals surface area contributed by atoms with Gasteiger partial charge in [0.15, 0.2) is 0 Å². The highest BCUT2D eigenvalue weighted by Gasteiger charge is 2.39. The number of nitrogens with one attached hydrogen (secondary N) is 1. The number of aryl methyl sites for hydroxylation is 1. The van der Waals surface area contributed by atoms with E-state index >= 15 is 0 Å². The number of amides is 1. The van der Waals surface area contributed by atoms with Crippen LogP contribution in [0.1, 0.15) is 45.5 Å². The van der Waals surface area contributed by atoms with Crippen molar-refractivity contribution in [1.82, 2.24) is 25.0 Å². The first-order valence-electron chi connectivity index (χ1n) is 9.66. The molecule has 1 saturated carbocycles. The molecule has 1 aliphatic carbocycles. The van der Waals surface area contributed by atoms with Crippen molar-refractivity contribution in [3.05, 3.63) is 33.5 Å². The minimum atomic E-state index is -0.0455. The molecule has 0 aromatic carbocycles. The maximum atomic E-state index is 12.5. The highest BCUT2D eigenvalue weighted by Crippen LogP contribution is 2.34. The number of carbonyl (C=O) groups excluding carboxylic acids is 1. The van der Waals surface area contributed by atoms with E-state index in [1.54, 1.807) is 0 Å². The number of carbonyl (C=O) groups is 1. The Bertz CT molecular complexity index is 824. The van der Waals surface area contributed by atoms with Crippen LogP contribution in [0.4, 0.5) is 0 Å². The third-order valence-corrected chi connectivity index (χ3v) is 7.15. The Balaban J connectivity index is 1.27. The predicted octanol–water partition coefficient (Wildman–Crippen LogP) is 2.23. The van der Waals surface area contributed by atoms with Crippen LogP contribution in [0, 0.1) is 18.8 Å². The van der Waals surface area contributed by atoms with Crippen molar-refractivity contribution in [2.45, 2.75) is 51.7 Å². The first-order valence-corrected chi connectivity index (χ1v) is 10.5. The van der Waals surface area contributed by atoms with Crippen LogP contribution in [0.5, 0.6) is 0 Å². The molecule has 2 aromatic rings. The van der Waals surface area contributed by atoms with Crippen molar-refractivity contribution in [1.29, 1.82) is 0 Å². The maximum absolute atomic E-state index is 12.5. The van der Waals surface area contributed by atoms with Gasteiger partial charge in [0, 0.05) is 48.4 Å². The highest BCUT2D eigenvalue weighted by atomic mass is 32.1. The molecule has 6 nitrogen and oxygen atoms in total. The fourth-order valence-electron chi connectivity index (χ4n) is 4.51. The van der Waals surface area contributed by atoms with Gasteiger partial charge in [0.2, 0.25) is 5.82 Å². The molecule has 1 saturated heterocycles. The molecule has 0 radical (unpaired) electrons. The van der Waals surface area contributed by atoms with Crippen LogP contribution in [0.15, 0.2) is 12.1 Å². The fourth-order valence-corrected chi connectivity index (χ4v) is 5.44. The summed E-state index contributed by atoms with van der Waals surface area (Å²) in [5.74, 6) is 2.68. The van der Waals surface area contributed by atoms with Crippen LogP contribution in [0.2, 0.25) is 0 Å². The lowest BCUT2D eigenvalue weighted by molar-refractivity contribution is 0.0898. The zero-order valence-corrected chi connectivity index (χ0v) is 16.0. The number of hydrogen-bond acceptors (Lipinski definition) is 5. The maximum Gasteiger partial charge on any atom is 0.289 e. The fraction of sp³-hybridized carbons (Fsp3) is 0.632. The molecular weight excluding hydrogens is 346 g/mol. The van der Waals surface area contributed by atoms with Crippen molar-refractivity contribution >= 4 is 17.2 Å². The van der Waals surface area contributed by atoms with Gasteiger partial charge >= 0.3 is 0 Å². The van der Waals surface area contributed by atoms with Gasteiger partial charge in [0.05, 0.1) is 0 Å². The summed E-state index contributed by atoms with van der Waals surface area (Å²) in [5.41, 5.74) is 0. The summed E-state index contributed by atoms with van der Waals surface area (Å²) in [6, 6.07) is 4.79. The van der Waals surface area contributed by atoms with E-state index in [4.69, 9.17) is 0 Å². The molecule has 7 heteroatoms. The average molecular weight is 372 g/mol. The van der Waals surface area contributed by atoms with Gasteiger partial charge in [0.1, 0.15) is 5.82 Å². The zero-order chi connectivity index (χ0) is 17.7. The van der Waals surface area contributed by atoms with E-state index in [1.807, 2.05) is 11.3 Å². The van der Waals surface area contributed by atoms with Gasteiger partial charge in [-0.3, -0.25) is 9.69 Å². The molecule has 4 heterocycles. The van der Waals surface area contributed by atoms with E-state index in [0.29, 0.717) is 23.7 Å². The molecule has 2 aromatic heterocycles. The second-order valence-electron chi connectivity index (χ2n) is 8.08. The van der Waals surface area contributed by atoms with Crippen LogP contribution in [-0.2, 0) is 19.5 Å². The van der Waals surface area contributed by atoms with E-state index < -0.39 is 0 Å². The van der Waals surface area contributed by atoms with Gasteiger partial charge in [-0.2, -0.15) is 0 Å². The van der Waals surface area contributed by atoms with E-state index in [0.717, 1.165) is 51.3 Å². The smallest absolute Gasteiger partial charge is 0.289 e. The molecule has 2 unspecified atom stereocenters. The Kier molecular flexibility index (Phi) is 4.09. The lowest BCUT2D eigenvalue weighted by atomic mass is 9.89. The Morgan fingerprint density at radius 1 is 1.23 bits per heavy atom. The second kappa shape index (κ2) is 6.46. The van der Waals surface area contributed by atoms with Crippen molar-refractivity contribution < 1.29 is 4.79 Å². The number of fused-ring (bicyclic) bond motifs is 2. The van der Waals surface area contributed by atoms with Crippen molar-refractivity contribution in [2.75, 3.05) is 13.1 Å². The average Bonchev–Trinajstić information content (AvgIpc) is 3.26. The topological polar surface area (TPSA) is 63.1 Å². The lowest BCUT2D eigenvalue weighted by Crippen LogP contribution is -2.41. The molecule has 1 amide bonds. The summed E-state index contributed by atoms with van der Waals surface area (Å²) in [6.07, 6.45) is 4.34. The summed E-state index contributed by atoms with van der Waals surface area (Å²) in [4.78, 5) is 17.9. The summed E-state index contributed by atoms with van der Waals surface area (Å²) in [6.45, 7) is 6.31. The molecule has 0 spiro atoms. The number of thiophene rings is 1. The third-order valence-electron chi connectivity index (χ3n) is 6.16. The monoisotopic (exact) mass is 371 g/mol. The van der Waals surface area contributed by atoms with E-state index in [9.17, 15) is 4.79 Å². The largest absolute Gasteiger partial charge is 0.347 e. The summed E-state index contributed by atoms with van der Waals surface area (Å²) in [7, 11) is 0. The minimum Gasteiger partial charge on any atom is -0.347 e. The molecule has 2 atom stereocenters. The van der Waals surface area contributed by atoms with Crippen molar-refractivity contribution in [2.24, 2.45) is 11.8 Å². The second-order valence-corrected chi connectivity index (χ2v) is 9.45. The molecule has 1 N–H and O–H groups in total. The summed E-state index contributed by atoms with van der Waals surface area (Å²) >= 11 is 1.89. The SMILES string of the molecule is Cc1ccc(CN2CC3Cc4nnc(C(=O)NC5CCC5)n4CC3C2)s1. The van der Waals surface area contributed by atoms with Crippen LogP contribution in [0.3, 0.4) is 0 Å². The molecular formula is C19H25N5OS. The molecule has 2 fully saturated rings. The van der Waals surface area contributed by atoms with Gasteiger partial charge in [0.25, 0.3) is 5.91 Å². The zero-order valence-electron chi connectivity index (χ0n) is 15.1. The Hall–Kier alpha value is -1.73. The number of likely N-dealkylation sites (tertiary alicyclic amines) is 1. The van der Waals surface area contributed by atoms with Gasteiger partial charge in [-0.25, -0.2) is 0 Å². The Labute approximate surface area is 157 Å². The Morgan fingerprint density at radius 3 is 2.81 bits per heavy atom. The van der Waals surface area contributed by atoms with Crippen LogP contribution >= 0.6 is 11.3 Å². The summed E-state index contributed by atoms with van der Waals surface area (Å²) < 4.78 is 2.08. The van der Waals surface area contributed by atoms with Gasteiger partial charge in [-0.1, -0.05) is 0 Å². The van der Waals surface area contributed by atoms with Crippen molar-refractivity contribution in [3.63, 3.8) is 0 Å². The van der Waals surface area contributed by atoms with Gasteiger partial charge in [-0.05, 0) is 50.2 Å². The lowest BCUT2D eigenvalue weighted by Gasteiger charge is -2.28. The van der Waals surface area contributed by atoms with Gasteiger partial charge in [-0.15, -0.1) is 21.5 Å². The first-order chi connectivity index (χ1) is 12.7. The molecule has 138 valence electrons.